The van der Waals surface area contributed by atoms with Crippen molar-refractivity contribution in [1.82, 2.24) is 15.3 Å². The van der Waals surface area contributed by atoms with E-state index in [1.165, 1.54) is 11.8 Å². The third-order valence-electron chi connectivity index (χ3n) is 3.74. The van der Waals surface area contributed by atoms with E-state index in [0.717, 1.165) is 20.6 Å². The van der Waals surface area contributed by atoms with Gasteiger partial charge in [-0.05, 0) is 48.9 Å². The zero-order valence-corrected chi connectivity index (χ0v) is 16.5. The van der Waals surface area contributed by atoms with E-state index in [1.54, 1.807) is 30.5 Å². The van der Waals surface area contributed by atoms with E-state index in [-0.39, 0.29) is 17.7 Å². The summed E-state index contributed by atoms with van der Waals surface area (Å²) >= 11 is 4.84. The Labute approximate surface area is 164 Å². The fraction of sp³-hybridized carbons (Fsp3) is 0.158. The quantitative estimate of drug-likeness (QED) is 0.501. The lowest BCUT2D eigenvalue weighted by molar-refractivity contribution is -0.119. The average molecular weight is 432 g/mol. The number of halogens is 1. The maximum absolute atomic E-state index is 12.2. The molecule has 0 radical (unpaired) electrons. The van der Waals surface area contributed by atoms with Gasteiger partial charge in [-0.25, -0.2) is 4.98 Å². The summed E-state index contributed by atoms with van der Waals surface area (Å²) in [5.41, 5.74) is 1.94. The highest BCUT2D eigenvalue weighted by Gasteiger charge is 2.13. The van der Waals surface area contributed by atoms with Crippen LogP contribution in [0.5, 0.6) is 5.75 Å². The van der Waals surface area contributed by atoms with Crippen molar-refractivity contribution < 1.29 is 9.90 Å². The molecule has 0 fully saturated rings. The van der Waals surface area contributed by atoms with Gasteiger partial charge in [0.05, 0.1) is 23.7 Å². The molecule has 1 aromatic heterocycles. The molecule has 0 saturated heterocycles. The lowest BCUT2D eigenvalue weighted by Gasteiger charge is -2.11. The number of hydrogen-bond donors (Lipinski definition) is 3. The van der Waals surface area contributed by atoms with Crippen molar-refractivity contribution in [2.24, 2.45) is 0 Å². The number of aromatic amines is 1. The summed E-state index contributed by atoms with van der Waals surface area (Å²) < 4.78 is 1.02. The van der Waals surface area contributed by atoms with Crippen LogP contribution in [-0.4, -0.2) is 26.7 Å². The van der Waals surface area contributed by atoms with Gasteiger partial charge in [0, 0.05) is 9.37 Å². The van der Waals surface area contributed by atoms with Gasteiger partial charge in [0.25, 0.3) is 0 Å². The zero-order valence-electron chi connectivity index (χ0n) is 14.1. The van der Waals surface area contributed by atoms with E-state index in [0.29, 0.717) is 11.6 Å². The highest BCUT2D eigenvalue weighted by molar-refractivity contribution is 9.10. The van der Waals surface area contributed by atoms with Crippen LogP contribution in [0, 0.1) is 0 Å². The number of benzene rings is 2. The third kappa shape index (κ3) is 4.89. The first-order valence-corrected chi connectivity index (χ1v) is 9.81. The first kappa shape index (κ1) is 18.5. The number of nitrogens with one attached hydrogen (secondary N) is 2. The number of aromatic nitrogens is 2. The summed E-state index contributed by atoms with van der Waals surface area (Å²) in [5.74, 6) is 1.16. The fourth-order valence-electron chi connectivity index (χ4n) is 2.38. The van der Waals surface area contributed by atoms with Crippen LogP contribution in [-0.2, 0) is 4.79 Å². The molecule has 1 unspecified atom stereocenters. The molecular weight excluding hydrogens is 414 g/mol. The second-order valence-corrected chi connectivity index (χ2v) is 7.73. The minimum atomic E-state index is -0.216. The smallest absolute Gasteiger partial charge is 0.230 e. The van der Waals surface area contributed by atoms with E-state index in [2.05, 4.69) is 31.2 Å². The van der Waals surface area contributed by atoms with E-state index in [1.807, 2.05) is 31.2 Å². The minimum Gasteiger partial charge on any atom is -0.508 e. The summed E-state index contributed by atoms with van der Waals surface area (Å²) in [6, 6.07) is 14.5. The molecule has 134 valence electrons. The molecule has 1 heterocycles. The van der Waals surface area contributed by atoms with Gasteiger partial charge in [0.1, 0.15) is 11.6 Å². The second kappa shape index (κ2) is 8.42. The third-order valence-corrected chi connectivity index (χ3v) is 5.29. The van der Waals surface area contributed by atoms with Crippen molar-refractivity contribution in [3.63, 3.8) is 0 Å². The van der Waals surface area contributed by atoms with Crippen LogP contribution in [0.3, 0.4) is 0 Å². The second-order valence-electron chi connectivity index (χ2n) is 5.76. The van der Waals surface area contributed by atoms with Gasteiger partial charge in [0.15, 0.2) is 0 Å². The molecule has 1 amide bonds. The Bertz CT molecular complexity index is 879. The van der Waals surface area contributed by atoms with Crippen LogP contribution in [0.25, 0.3) is 11.3 Å². The molecule has 0 aliphatic heterocycles. The van der Waals surface area contributed by atoms with Gasteiger partial charge in [-0.2, -0.15) is 0 Å². The molecule has 3 rings (SSSR count). The van der Waals surface area contributed by atoms with Crippen molar-refractivity contribution >= 4 is 33.6 Å². The molecule has 2 aromatic carbocycles. The first-order valence-electron chi connectivity index (χ1n) is 8.03. The zero-order chi connectivity index (χ0) is 18.5. The molecule has 0 aliphatic carbocycles. The molecule has 0 aliphatic rings. The summed E-state index contributed by atoms with van der Waals surface area (Å²) in [6.45, 7) is 1.90. The van der Waals surface area contributed by atoms with Crippen molar-refractivity contribution in [3.05, 3.63) is 65.0 Å². The Morgan fingerprint density at radius 3 is 2.62 bits per heavy atom. The predicted octanol–water partition coefficient (Wildman–Crippen LogP) is 4.51. The molecule has 3 aromatic rings. The van der Waals surface area contributed by atoms with Crippen molar-refractivity contribution in [3.8, 4) is 17.0 Å². The number of carbonyl (C=O) groups excluding carboxylic acids is 1. The first-order chi connectivity index (χ1) is 12.5. The summed E-state index contributed by atoms with van der Waals surface area (Å²) in [6.07, 6.45) is 1.77. The molecule has 0 bridgehead atoms. The molecule has 26 heavy (non-hydrogen) atoms. The van der Waals surface area contributed by atoms with Crippen LogP contribution in [0.1, 0.15) is 18.8 Å². The molecule has 3 N–H and O–H groups in total. The highest BCUT2D eigenvalue weighted by Crippen LogP contribution is 2.23. The van der Waals surface area contributed by atoms with Crippen LogP contribution in [0.15, 0.2) is 64.1 Å². The Morgan fingerprint density at radius 2 is 1.92 bits per heavy atom. The number of H-pyrrole nitrogens is 1. The van der Waals surface area contributed by atoms with Gasteiger partial charge >= 0.3 is 0 Å². The summed E-state index contributed by atoms with van der Waals surface area (Å²) in [5, 5.41) is 12.2. The van der Waals surface area contributed by atoms with Crippen molar-refractivity contribution in [2.45, 2.75) is 17.9 Å². The lowest BCUT2D eigenvalue weighted by atomic mass is 10.2. The van der Waals surface area contributed by atoms with Gasteiger partial charge in [-0.3, -0.25) is 4.79 Å². The Morgan fingerprint density at radius 1 is 1.23 bits per heavy atom. The number of imidazole rings is 1. The van der Waals surface area contributed by atoms with E-state index in [4.69, 9.17) is 0 Å². The molecule has 5 nitrogen and oxygen atoms in total. The number of phenolic OH excluding ortho intramolecular Hbond substituents is 1. The minimum absolute atomic E-state index is 0.0721. The number of rotatable bonds is 6. The average Bonchev–Trinajstić information content (AvgIpc) is 3.12. The molecule has 0 saturated carbocycles. The highest BCUT2D eigenvalue weighted by atomic mass is 79.9. The monoisotopic (exact) mass is 431 g/mol. The number of aromatic hydroxyl groups is 1. The number of phenols is 1. The van der Waals surface area contributed by atoms with Crippen molar-refractivity contribution in [2.75, 3.05) is 5.75 Å². The van der Waals surface area contributed by atoms with Crippen LogP contribution >= 0.6 is 27.7 Å². The van der Waals surface area contributed by atoms with E-state index < -0.39 is 0 Å². The maximum atomic E-state index is 12.2. The predicted molar refractivity (Wildman–Crippen MR) is 107 cm³/mol. The number of thioether (sulfide) groups is 1. The summed E-state index contributed by atoms with van der Waals surface area (Å²) in [4.78, 5) is 20.7. The Hall–Kier alpha value is -2.25. The van der Waals surface area contributed by atoms with Gasteiger partial charge in [-0.15, -0.1) is 11.8 Å². The van der Waals surface area contributed by atoms with Gasteiger partial charge in [0.2, 0.25) is 5.91 Å². The standard InChI is InChI=1S/C19H18BrN3O2S/c1-12(22-18(25)11-26-16-8-6-15(24)7-9-16)19-21-10-17(23-19)13-2-4-14(20)5-3-13/h2-10,12,24H,11H2,1H3,(H,21,23)(H,22,25). The number of carbonyl (C=O) groups is 1. The largest absolute Gasteiger partial charge is 0.508 e. The topological polar surface area (TPSA) is 78.0 Å². The maximum Gasteiger partial charge on any atom is 0.230 e. The van der Waals surface area contributed by atoms with Gasteiger partial charge in [-0.1, -0.05) is 28.1 Å². The number of nitrogens with zero attached hydrogens (tertiary/aromatic N) is 1. The lowest BCUT2D eigenvalue weighted by Crippen LogP contribution is -2.28. The van der Waals surface area contributed by atoms with Crippen LogP contribution < -0.4 is 5.32 Å². The Balaban J connectivity index is 1.55. The SMILES string of the molecule is CC(NC(=O)CSc1ccc(O)cc1)c1ncc(-c2ccc(Br)cc2)[nH]1. The normalized spacial score (nSPS) is 11.9. The molecule has 7 heteroatoms. The Kier molecular flexibility index (Phi) is 6.00. The number of hydrogen-bond acceptors (Lipinski definition) is 4. The summed E-state index contributed by atoms with van der Waals surface area (Å²) in [7, 11) is 0. The van der Waals surface area contributed by atoms with E-state index >= 15 is 0 Å². The molecule has 1 atom stereocenters. The number of amides is 1. The van der Waals surface area contributed by atoms with E-state index in [9.17, 15) is 9.90 Å². The van der Waals surface area contributed by atoms with Crippen LogP contribution in [0.2, 0.25) is 0 Å². The van der Waals surface area contributed by atoms with Crippen LogP contribution in [0.4, 0.5) is 0 Å². The molecule has 0 spiro atoms. The molecular formula is C19H18BrN3O2S. The fourth-order valence-corrected chi connectivity index (χ4v) is 3.35. The van der Waals surface area contributed by atoms with Gasteiger partial charge < -0.3 is 15.4 Å². The van der Waals surface area contributed by atoms with Crippen molar-refractivity contribution in [1.29, 1.82) is 0 Å².